The average molecular weight is 285 g/mol. The van der Waals surface area contributed by atoms with Gasteiger partial charge in [-0.3, -0.25) is 4.68 Å². The third-order valence-electron chi connectivity index (χ3n) is 4.24. The summed E-state index contributed by atoms with van der Waals surface area (Å²) in [7, 11) is 0. The molecule has 0 spiro atoms. The number of piperidine rings is 1. The molecule has 0 radical (unpaired) electrons. The molecule has 4 nitrogen and oxygen atoms in total. The van der Waals surface area contributed by atoms with Gasteiger partial charge in [-0.1, -0.05) is 12.1 Å². The zero-order chi connectivity index (χ0) is 14.7. The number of phenolic OH excluding ortho intramolecular Hbond substituents is 1. The summed E-state index contributed by atoms with van der Waals surface area (Å²) >= 11 is 0. The van der Waals surface area contributed by atoms with Crippen LogP contribution >= 0.6 is 0 Å². The molecule has 0 aliphatic carbocycles. The van der Waals surface area contributed by atoms with Gasteiger partial charge in [0.2, 0.25) is 0 Å². The third-order valence-corrected chi connectivity index (χ3v) is 4.24. The second-order valence-electron chi connectivity index (χ2n) is 5.74. The molecule has 4 heteroatoms. The van der Waals surface area contributed by atoms with Gasteiger partial charge >= 0.3 is 0 Å². The maximum Gasteiger partial charge on any atom is 0.115 e. The number of nitrogens with one attached hydrogen (secondary N) is 1. The number of aromatic hydroxyl groups is 1. The molecule has 1 fully saturated rings. The molecule has 1 saturated heterocycles. The first kappa shape index (κ1) is 14.1. The minimum Gasteiger partial charge on any atom is -0.508 e. The summed E-state index contributed by atoms with van der Waals surface area (Å²) in [6.45, 7) is 5.29. The van der Waals surface area contributed by atoms with Crippen molar-refractivity contribution in [3.05, 3.63) is 47.3 Å². The molecular weight excluding hydrogens is 262 g/mol. The lowest BCUT2D eigenvalue weighted by Crippen LogP contribution is -2.27. The molecule has 0 amide bonds. The Balaban J connectivity index is 1.79. The highest BCUT2D eigenvalue weighted by atomic mass is 16.3. The minimum absolute atomic E-state index is 0.313. The lowest BCUT2D eigenvalue weighted by molar-refractivity contribution is 0.432. The van der Waals surface area contributed by atoms with Crippen LogP contribution in [0.4, 0.5) is 0 Å². The standard InChI is InChI=1S/C17H23N3O/c1-2-20-17(14-7-9-18-10-8-14)12-15(19-20)11-13-3-5-16(21)6-4-13/h3-6,12,14,18,21H,2,7-11H2,1H3. The number of phenols is 1. The Morgan fingerprint density at radius 1 is 1.24 bits per heavy atom. The molecule has 0 atom stereocenters. The van der Waals surface area contributed by atoms with E-state index in [2.05, 4.69) is 23.0 Å². The Kier molecular flexibility index (Phi) is 4.25. The van der Waals surface area contributed by atoms with Crippen molar-refractivity contribution in [2.24, 2.45) is 0 Å². The van der Waals surface area contributed by atoms with Gasteiger partial charge in [-0.25, -0.2) is 0 Å². The van der Waals surface area contributed by atoms with Crippen LogP contribution in [-0.2, 0) is 13.0 Å². The van der Waals surface area contributed by atoms with Crippen molar-refractivity contribution in [2.45, 2.75) is 38.6 Å². The van der Waals surface area contributed by atoms with Gasteiger partial charge in [-0.2, -0.15) is 5.10 Å². The Labute approximate surface area is 125 Å². The molecule has 21 heavy (non-hydrogen) atoms. The summed E-state index contributed by atoms with van der Waals surface area (Å²) < 4.78 is 2.16. The van der Waals surface area contributed by atoms with Gasteiger partial charge in [0.15, 0.2) is 0 Å². The van der Waals surface area contributed by atoms with Crippen LogP contribution in [0.15, 0.2) is 30.3 Å². The van der Waals surface area contributed by atoms with Gasteiger partial charge in [0.1, 0.15) is 5.75 Å². The largest absolute Gasteiger partial charge is 0.508 e. The van der Waals surface area contributed by atoms with Crippen molar-refractivity contribution >= 4 is 0 Å². The fraction of sp³-hybridized carbons (Fsp3) is 0.471. The molecule has 0 bridgehead atoms. The summed E-state index contributed by atoms with van der Waals surface area (Å²) in [6, 6.07) is 9.67. The van der Waals surface area contributed by atoms with Gasteiger partial charge in [0, 0.05) is 24.6 Å². The molecule has 1 aliphatic heterocycles. The second kappa shape index (κ2) is 6.31. The number of benzene rings is 1. The molecule has 1 aliphatic rings. The fourth-order valence-electron chi connectivity index (χ4n) is 3.10. The van der Waals surface area contributed by atoms with E-state index in [9.17, 15) is 5.11 Å². The van der Waals surface area contributed by atoms with E-state index in [-0.39, 0.29) is 0 Å². The predicted octanol–water partition coefficient (Wildman–Crippen LogP) is 2.67. The SMILES string of the molecule is CCn1nc(Cc2ccc(O)cc2)cc1C1CCNCC1. The van der Waals surface area contributed by atoms with Crippen LogP contribution in [0.5, 0.6) is 5.75 Å². The van der Waals surface area contributed by atoms with Crippen molar-refractivity contribution in [2.75, 3.05) is 13.1 Å². The molecule has 0 unspecified atom stereocenters. The number of aromatic nitrogens is 2. The summed E-state index contributed by atoms with van der Waals surface area (Å²) in [5, 5.41) is 17.5. The van der Waals surface area contributed by atoms with Crippen molar-refractivity contribution in [3.8, 4) is 5.75 Å². The van der Waals surface area contributed by atoms with Crippen molar-refractivity contribution < 1.29 is 5.11 Å². The average Bonchev–Trinajstić information content (AvgIpc) is 2.93. The monoisotopic (exact) mass is 285 g/mol. The van der Waals surface area contributed by atoms with Crippen LogP contribution in [0.1, 0.15) is 42.6 Å². The number of aryl methyl sites for hydroxylation is 1. The summed E-state index contributed by atoms with van der Waals surface area (Å²) in [5.41, 5.74) is 3.69. The first-order valence-corrected chi connectivity index (χ1v) is 7.81. The molecular formula is C17H23N3O. The van der Waals surface area contributed by atoms with Crippen molar-refractivity contribution in [1.82, 2.24) is 15.1 Å². The van der Waals surface area contributed by atoms with Crippen LogP contribution in [0, 0.1) is 0 Å². The number of rotatable bonds is 4. The molecule has 0 saturated carbocycles. The van der Waals surface area contributed by atoms with Crippen LogP contribution < -0.4 is 5.32 Å². The van der Waals surface area contributed by atoms with Gasteiger partial charge in [0.25, 0.3) is 0 Å². The van der Waals surface area contributed by atoms with Gasteiger partial charge < -0.3 is 10.4 Å². The Hall–Kier alpha value is -1.81. The minimum atomic E-state index is 0.313. The molecule has 2 aromatic rings. The van der Waals surface area contributed by atoms with E-state index < -0.39 is 0 Å². The molecule has 112 valence electrons. The first-order valence-electron chi connectivity index (χ1n) is 7.81. The van der Waals surface area contributed by atoms with Crippen LogP contribution in [0.3, 0.4) is 0 Å². The summed E-state index contributed by atoms with van der Waals surface area (Å²) in [4.78, 5) is 0. The first-order chi connectivity index (χ1) is 10.3. The fourth-order valence-corrected chi connectivity index (χ4v) is 3.10. The second-order valence-corrected chi connectivity index (χ2v) is 5.74. The van der Waals surface area contributed by atoms with Crippen molar-refractivity contribution in [1.29, 1.82) is 0 Å². The lowest BCUT2D eigenvalue weighted by atomic mass is 9.94. The molecule has 2 heterocycles. The van der Waals surface area contributed by atoms with E-state index in [0.29, 0.717) is 11.7 Å². The Morgan fingerprint density at radius 2 is 1.95 bits per heavy atom. The lowest BCUT2D eigenvalue weighted by Gasteiger charge is -2.23. The summed E-state index contributed by atoms with van der Waals surface area (Å²) in [6.07, 6.45) is 3.22. The normalized spacial score (nSPS) is 16.2. The maximum absolute atomic E-state index is 9.35. The quantitative estimate of drug-likeness (QED) is 0.908. The van der Waals surface area contributed by atoms with Crippen LogP contribution in [0.2, 0.25) is 0 Å². The Morgan fingerprint density at radius 3 is 2.62 bits per heavy atom. The van der Waals surface area contributed by atoms with E-state index in [0.717, 1.165) is 31.7 Å². The number of nitrogens with zero attached hydrogens (tertiary/aromatic N) is 2. The van der Waals surface area contributed by atoms with E-state index in [1.54, 1.807) is 12.1 Å². The van der Waals surface area contributed by atoms with Gasteiger partial charge in [-0.15, -0.1) is 0 Å². The van der Waals surface area contributed by atoms with Gasteiger partial charge in [-0.05, 0) is 56.6 Å². The van der Waals surface area contributed by atoms with Crippen LogP contribution in [-0.4, -0.2) is 28.0 Å². The third kappa shape index (κ3) is 3.27. The summed E-state index contributed by atoms with van der Waals surface area (Å²) in [5.74, 6) is 0.945. The van der Waals surface area contributed by atoms with Crippen LogP contribution in [0.25, 0.3) is 0 Å². The highest BCUT2D eigenvalue weighted by Gasteiger charge is 2.20. The van der Waals surface area contributed by atoms with E-state index in [1.165, 1.54) is 24.1 Å². The number of hydrogen-bond donors (Lipinski definition) is 2. The molecule has 3 rings (SSSR count). The zero-order valence-corrected chi connectivity index (χ0v) is 12.5. The molecule has 1 aromatic carbocycles. The topological polar surface area (TPSA) is 50.1 Å². The van der Waals surface area contributed by atoms with E-state index >= 15 is 0 Å². The zero-order valence-electron chi connectivity index (χ0n) is 12.5. The van der Waals surface area contributed by atoms with E-state index in [4.69, 9.17) is 5.10 Å². The van der Waals surface area contributed by atoms with E-state index in [1.807, 2.05) is 12.1 Å². The Bertz CT molecular complexity index is 583. The molecule has 2 N–H and O–H groups in total. The predicted molar refractivity (Wildman–Crippen MR) is 83.7 cm³/mol. The van der Waals surface area contributed by atoms with Gasteiger partial charge in [0.05, 0.1) is 5.69 Å². The highest BCUT2D eigenvalue weighted by molar-refractivity contribution is 5.29. The van der Waals surface area contributed by atoms with Crippen molar-refractivity contribution in [3.63, 3.8) is 0 Å². The highest BCUT2D eigenvalue weighted by Crippen LogP contribution is 2.26. The molecule has 1 aromatic heterocycles. The maximum atomic E-state index is 9.35. The smallest absolute Gasteiger partial charge is 0.115 e. The number of hydrogen-bond acceptors (Lipinski definition) is 3.